The second-order valence-corrected chi connectivity index (χ2v) is 11.7. The summed E-state index contributed by atoms with van der Waals surface area (Å²) in [5.74, 6) is 1.55. The van der Waals surface area contributed by atoms with Crippen LogP contribution in [0.4, 0.5) is 0 Å². The number of carbonyl (C=O) groups is 2. The summed E-state index contributed by atoms with van der Waals surface area (Å²) >= 11 is 1.72. The van der Waals surface area contributed by atoms with E-state index in [2.05, 4.69) is 37.4 Å². The Morgan fingerprint density at radius 1 is 1.12 bits per heavy atom. The summed E-state index contributed by atoms with van der Waals surface area (Å²) < 4.78 is 17.4. The highest BCUT2D eigenvalue weighted by Crippen LogP contribution is 2.34. The van der Waals surface area contributed by atoms with Crippen LogP contribution in [-0.4, -0.2) is 67.7 Å². The van der Waals surface area contributed by atoms with Gasteiger partial charge in [-0.15, -0.1) is 11.3 Å². The van der Waals surface area contributed by atoms with Gasteiger partial charge in [0.15, 0.2) is 0 Å². The van der Waals surface area contributed by atoms with Gasteiger partial charge in [0.05, 0.1) is 19.3 Å². The molecule has 1 saturated heterocycles. The van der Waals surface area contributed by atoms with Crippen molar-refractivity contribution in [1.29, 1.82) is 0 Å². The Balaban J connectivity index is 1.34. The van der Waals surface area contributed by atoms with E-state index >= 15 is 0 Å². The quantitative estimate of drug-likeness (QED) is 0.317. The smallest absolute Gasteiger partial charge is 0.254 e. The number of thiophene rings is 1. The lowest BCUT2D eigenvalue weighted by Crippen LogP contribution is -2.49. The maximum absolute atomic E-state index is 13.9. The Hall–Kier alpha value is -3.36. The molecule has 0 bridgehead atoms. The first-order chi connectivity index (χ1) is 19.4. The number of hydrogen-bond acceptors (Lipinski definition) is 6. The van der Waals surface area contributed by atoms with E-state index in [-0.39, 0.29) is 30.5 Å². The molecule has 2 aliphatic rings. The van der Waals surface area contributed by atoms with Gasteiger partial charge in [0, 0.05) is 30.1 Å². The Labute approximate surface area is 240 Å². The molecule has 8 heteroatoms. The van der Waals surface area contributed by atoms with Crippen molar-refractivity contribution in [2.24, 2.45) is 0 Å². The molecule has 0 radical (unpaired) electrons. The summed E-state index contributed by atoms with van der Waals surface area (Å²) in [5.41, 5.74) is 2.89. The Morgan fingerprint density at radius 2 is 1.95 bits per heavy atom. The molecule has 2 aliphatic heterocycles. The predicted octanol–water partition coefficient (Wildman–Crippen LogP) is 5.71. The molecule has 212 valence electrons. The van der Waals surface area contributed by atoms with Crippen molar-refractivity contribution in [3.8, 4) is 11.5 Å². The molecule has 3 aromatic rings. The number of ether oxygens (including phenoxy) is 3. The van der Waals surface area contributed by atoms with Gasteiger partial charge >= 0.3 is 0 Å². The molecule has 0 spiro atoms. The van der Waals surface area contributed by atoms with E-state index in [1.807, 2.05) is 17.0 Å². The van der Waals surface area contributed by atoms with Crippen molar-refractivity contribution in [2.45, 2.75) is 51.2 Å². The monoisotopic (exact) mass is 562 g/mol. The molecule has 3 heterocycles. The first-order valence-electron chi connectivity index (χ1n) is 14.1. The third kappa shape index (κ3) is 6.50. The van der Waals surface area contributed by atoms with Crippen molar-refractivity contribution >= 4 is 23.2 Å². The van der Waals surface area contributed by atoms with Crippen LogP contribution in [0.3, 0.4) is 0 Å². The van der Waals surface area contributed by atoms with Gasteiger partial charge in [0.1, 0.15) is 24.7 Å². The third-order valence-corrected chi connectivity index (χ3v) is 8.74. The highest BCUT2D eigenvalue weighted by Gasteiger charge is 2.34. The van der Waals surface area contributed by atoms with E-state index in [1.54, 1.807) is 47.6 Å². The molecule has 5 rings (SSSR count). The largest absolute Gasteiger partial charge is 0.497 e. The van der Waals surface area contributed by atoms with Crippen LogP contribution in [0.5, 0.6) is 11.5 Å². The number of fused-ring (bicyclic) bond motifs is 1. The van der Waals surface area contributed by atoms with Gasteiger partial charge in [-0.1, -0.05) is 32.0 Å². The lowest BCUT2D eigenvalue weighted by atomic mass is 10.00. The van der Waals surface area contributed by atoms with Gasteiger partial charge in [0.25, 0.3) is 5.91 Å². The molecule has 2 amide bonds. The molecule has 2 aromatic carbocycles. The number of carbonyl (C=O) groups excluding carboxylic acids is 2. The lowest BCUT2D eigenvalue weighted by molar-refractivity contribution is -0.135. The van der Waals surface area contributed by atoms with E-state index in [1.165, 1.54) is 10.4 Å². The number of rotatable bonds is 10. The maximum atomic E-state index is 13.9. The minimum Gasteiger partial charge on any atom is -0.497 e. The van der Waals surface area contributed by atoms with Crippen LogP contribution < -0.4 is 9.47 Å². The zero-order chi connectivity index (χ0) is 28.1. The lowest BCUT2D eigenvalue weighted by Gasteiger charge is -2.37. The van der Waals surface area contributed by atoms with Crippen molar-refractivity contribution in [3.05, 3.63) is 81.5 Å². The Bertz CT molecular complexity index is 1300. The molecule has 40 heavy (non-hydrogen) atoms. The van der Waals surface area contributed by atoms with Crippen LogP contribution >= 0.6 is 11.3 Å². The second kappa shape index (κ2) is 12.9. The fraction of sp³-hybridized carbons (Fsp3) is 0.438. The minimum absolute atomic E-state index is 0.0189. The molecular formula is C32H38N2O5S. The summed E-state index contributed by atoms with van der Waals surface area (Å²) in [6, 6.07) is 17.1. The minimum atomic E-state index is -0.219. The Morgan fingerprint density at radius 3 is 2.67 bits per heavy atom. The van der Waals surface area contributed by atoms with Crippen LogP contribution in [0.25, 0.3) is 0 Å². The molecular weight excluding hydrogens is 524 g/mol. The standard InChI is InChI=1S/C32H38N2O5S/c1-22(2)23-9-11-25(12-10-23)39-21-29-28-14-17-40-30(28)13-15-34(29)31(35)20-33(19-27-8-5-16-38-27)32(36)24-6-4-7-26(18-24)37-3/h4,6-7,9-12,14,17-18,22,27,29H,5,8,13,15-16,19-21H2,1-3H3. The average molecular weight is 563 g/mol. The molecule has 0 aliphatic carbocycles. The van der Waals surface area contributed by atoms with E-state index in [0.717, 1.165) is 30.6 Å². The predicted molar refractivity (Wildman–Crippen MR) is 156 cm³/mol. The first kappa shape index (κ1) is 28.2. The zero-order valence-electron chi connectivity index (χ0n) is 23.5. The van der Waals surface area contributed by atoms with E-state index < -0.39 is 0 Å². The highest BCUT2D eigenvalue weighted by atomic mass is 32.1. The molecule has 0 saturated carbocycles. The zero-order valence-corrected chi connectivity index (χ0v) is 24.3. The Kier molecular flexibility index (Phi) is 9.07. The van der Waals surface area contributed by atoms with Crippen molar-refractivity contribution in [2.75, 3.05) is 40.0 Å². The summed E-state index contributed by atoms with van der Waals surface area (Å²) in [6.07, 6.45) is 2.57. The number of amides is 2. The molecule has 7 nitrogen and oxygen atoms in total. The second-order valence-electron chi connectivity index (χ2n) is 10.7. The number of methoxy groups -OCH3 is 1. The van der Waals surface area contributed by atoms with Gasteiger partial charge < -0.3 is 24.0 Å². The van der Waals surface area contributed by atoms with Gasteiger partial charge in [-0.25, -0.2) is 0 Å². The van der Waals surface area contributed by atoms with Gasteiger partial charge in [0.2, 0.25) is 5.91 Å². The highest BCUT2D eigenvalue weighted by molar-refractivity contribution is 7.10. The SMILES string of the molecule is COc1cccc(C(=O)N(CC(=O)N2CCc3sccc3C2COc2ccc(C(C)C)cc2)CC2CCCO2)c1. The number of hydrogen-bond donors (Lipinski definition) is 0. The van der Waals surface area contributed by atoms with Crippen molar-refractivity contribution in [1.82, 2.24) is 9.80 Å². The van der Waals surface area contributed by atoms with Crippen LogP contribution in [0.15, 0.2) is 60.0 Å². The van der Waals surface area contributed by atoms with Crippen molar-refractivity contribution < 1.29 is 23.8 Å². The summed E-state index contributed by atoms with van der Waals surface area (Å²) in [5, 5.41) is 2.08. The number of benzene rings is 2. The van der Waals surface area contributed by atoms with Crippen LogP contribution in [0.1, 0.15) is 65.0 Å². The van der Waals surface area contributed by atoms with E-state index in [9.17, 15) is 9.59 Å². The summed E-state index contributed by atoms with van der Waals surface area (Å²) in [6.45, 7) is 6.32. The van der Waals surface area contributed by atoms with Crippen LogP contribution in [0.2, 0.25) is 0 Å². The summed E-state index contributed by atoms with van der Waals surface area (Å²) in [7, 11) is 1.58. The maximum Gasteiger partial charge on any atom is 0.254 e. The van der Waals surface area contributed by atoms with Gasteiger partial charge in [-0.05, 0) is 78.1 Å². The van der Waals surface area contributed by atoms with Gasteiger partial charge in [-0.3, -0.25) is 9.59 Å². The molecule has 2 atom stereocenters. The molecule has 1 aromatic heterocycles. The summed E-state index contributed by atoms with van der Waals surface area (Å²) in [4.78, 5) is 32.4. The first-order valence-corrected chi connectivity index (χ1v) is 14.9. The van der Waals surface area contributed by atoms with Crippen LogP contribution in [0, 0.1) is 0 Å². The molecule has 1 fully saturated rings. The van der Waals surface area contributed by atoms with Crippen molar-refractivity contribution in [3.63, 3.8) is 0 Å². The molecule has 0 N–H and O–H groups in total. The normalized spacial score (nSPS) is 18.4. The topological polar surface area (TPSA) is 68.3 Å². The number of nitrogens with zero attached hydrogens (tertiary/aromatic N) is 2. The average Bonchev–Trinajstić information content (AvgIpc) is 3.67. The molecule has 2 unspecified atom stereocenters. The van der Waals surface area contributed by atoms with E-state index in [4.69, 9.17) is 14.2 Å². The van der Waals surface area contributed by atoms with Crippen LogP contribution in [-0.2, 0) is 16.0 Å². The van der Waals surface area contributed by atoms with E-state index in [0.29, 0.717) is 43.5 Å². The fourth-order valence-corrected chi connectivity index (χ4v) is 6.37. The third-order valence-electron chi connectivity index (χ3n) is 7.75. The fourth-order valence-electron chi connectivity index (χ4n) is 5.44. The van der Waals surface area contributed by atoms with Gasteiger partial charge in [-0.2, -0.15) is 0 Å².